The van der Waals surface area contributed by atoms with Gasteiger partial charge in [-0.05, 0) is 39.7 Å². The average Bonchev–Trinajstić information content (AvgIpc) is 3.29. The third kappa shape index (κ3) is 4.44. The number of nitro groups is 1. The summed E-state index contributed by atoms with van der Waals surface area (Å²) < 4.78 is 27.3. The first kappa shape index (κ1) is 19.1. The summed E-state index contributed by atoms with van der Waals surface area (Å²) in [7, 11) is -3.85. The highest BCUT2D eigenvalue weighted by molar-refractivity contribution is 7.89. The molecule has 0 aromatic heterocycles. The van der Waals surface area contributed by atoms with Crippen molar-refractivity contribution in [1.82, 2.24) is 9.62 Å². The third-order valence-corrected chi connectivity index (χ3v) is 5.97. The van der Waals surface area contributed by atoms with E-state index in [1.807, 2.05) is 0 Å². The fraction of sp³-hybridized carbons (Fsp3) is 0.600. The Hall–Kier alpha value is -1.22. The van der Waals surface area contributed by atoms with E-state index in [1.54, 1.807) is 0 Å². The van der Waals surface area contributed by atoms with Gasteiger partial charge >= 0.3 is 0 Å². The van der Waals surface area contributed by atoms with E-state index < -0.39 is 14.9 Å². The molecule has 1 N–H and O–H groups in total. The molecule has 0 heterocycles. The Morgan fingerprint density at radius 3 is 2.54 bits per heavy atom. The van der Waals surface area contributed by atoms with Crippen LogP contribution in [0, 0.1) is 17.0 Å². The van der Waals surface area contributed by atoms with E-state index in [-0.39, 0.29) is 27.7 Å². The largest absolute Gasteiger partial charge is 0.297 e. The Morgan fingerprint density at radius 1 is 1.42 bits per heavy atom. The van der Waals surface area contributed by atoms with Gasteiger partial charge in [0, 0.05) is 36.8 Å². The maximum Gasteiger partial charge on any atom is 0.275 e. The van der Waals surface area contributed by atoms with Gasteiger partial charge in [-0.3, -0.25) is 15.0 Å². The van der Waals surface area contributed by atoms with Crippen LogP contribution in [0.3, 0.4) is 0 Å². The summed E-state index contributed by atoms with van der Waals surface area (Å²) >= 11 is 5.94. The van der Waals surface area contributed by atoms with E-state index in [9.17, 15) is 18.5 Å². The van der Waals surface area contributed by atoms with Crippen molar-refractivity contribution in [2.45, 2.75) is 50.6 Å². The molecular weight excluding hydrogens is 354 g/mol. The molecule has 9 heteroatoms. The highest BCUT2D eigenvalue weighted by Crippen LogP contribution is 2.30. The van der Waals surface area contributed by atoms with Crippen LogP contribution in [-0.2, 0) is 10.0 Å². The molecule has 1 aromatic carbocycles. The highest BCUT2D eigenvalue weighted by Gasteiger charge is 2.30. The van der Waals surface area contributed by atoms with Crippen LogP contribution in [0.25, 0.3) is 0 Å². The Balaban J connectivity index is 2.11. The van der Waals surface area contributed by atoms with Gasteiger partial charge < -0.3 is 0 Å². The minimum Gasteiger partial charge on any atom is -0.297 e. The van der Waals surface area contributed by atoms with Crippen molar-refractivity contribution in [3.8, 4) is 0 Å². The van der Waals surface area contributed by atoms with E-state index in [1.165, 1.54) is 13.0 Å². The van der Waals surface area contributed by atoms with Crippen LogP contribution in [0.15, 0.2) is 17.0 Å². The second kappa shape index (κ2) is 7.35. The Kier molecular flexibility index (Phi) is 5.85. The first-order chi connectivity index (χ1) is 11.1. The van der Waals surface area contributed by atoms with Crippen molar-refractivity contribution >= 4 is 27.3 Å². The number of rotatable bonds is 8. The summed E-state index contributed by atoms with van der Waals surface area (Å²) in [5.74, 6) is 0. The van der Waals surface area contributed by atoms with Crippen LogP contribution in [0.5, 0.6) is 0 Å². The number of halogens is 1. The summed E-state index contributed by atoms with van der Waals surface area (Å²) in [6, 6.07) is 3.17. The van der Waals surface area contributed by atoms with Crippen LogP contribution < -0.4 is 4.72 Å². The highest BCUT2D eigenvalue weighted by atomic mass is 35.5. The van der Waals surface area contributed by atoms with Gasteiger partial charge in [0.25, 0.3) is 5.69 Å². The van der Waals surface area contributed by atoms with Crippen LogP contribution >= 0.6 is 11.6 Å². The first-order valence-corrected chi connectivity index (χ1v) is 9.69. The summed E-state index contributed by atoms with van der Waals surface area (Å²) in [5, 5.41) is 11.1. The van der Waals surface area contributed by atoms with Gasteiger partial charge in [0.15, 0.2) is 0 Å². The number of sulfonamides is 1. The van der Waals surface area contributed by atoms with Gasteiger partial charge in [-0.1, -0.05) is 11.6 Å². The van der Waals surface area contributed by atoms with Gasteiger partial charge in [0.1, 0.15) is 0 Å². The molecule has 0 bridgehead atoms. The van der Waals surface area contributed by atoms with Crippen LogP contribution in [0.1, 0.15) is 32.3 Å². The van der Waals surface area contributed by atoms with Crippen LogP contribution in [0.2, 0.25) is 5.02 Å². The van der Waals surface area contributed by atoms with Crippen LogP contribution in [0.4, 0.5) is 5.69 Å². The molecule has 1 saturated carbocycles. The van der Waals surface area contributed by atoms with E-state index in [0.717, 1.165) is 18.9 Å². The van der Waals surface area contributed by atoms with Gasteiger partial charge in [-0.15, -0.1) is 0 Å². The number of hydrogen-bond donors (Lipinski definition) is 1. The molecule has 0 radical (unpaired) electrons. The summed E-state index contributed by atoms with van der Waals surface area (Å²) in [5.41, 5.74) is -0.0509. The minimum atomic E-state index is -3.85. The van der Waals surface area contributed by atoms with Gasteiger partial charge in [-0.25, -0.2) is 13.1 Å². The molecule has 0 spiro atoms. The second-order valence-electron chi connectivity index (χ2n) is 6.27. The molecule has 0 atom stereocenters. The number of nitro benzene ring substituents is 1. The quantitative estimate of drug-likeness (QED) is 0.557. The zero-order valence-electron chi connectivity index (χ0n) is 14.0. The van der Waals surface area contributed by atoms with Crippen molar-refractivity contribution in [2.75, 3.05) is 13.1 Å². The molecular formula is C15H22ClN3O4S. The lowest BCUT2D eigenvalue weighted by Crippen LogP contribution is -2.39. The van der Waals surface area contributed by atoms with Gasteiger partial charge in [-0.2, -0.15) is 0 Å². The van der Waals surface area contributed by atoms with Crippen LogP contribution in [-0.4, -0.2) is 43.4 Å². The summed E-state index contributed by atoms with van der Waals surface area (Å²) in [4.78, 5) is 12.5. The number of nitrogens with zero attached hydrogens (tertiary/aromatic N) is 2. The maximum absolute atomic E-state index is 12.4. The molecule has 134 valence electrons. The fourth-order valence-corrected chi connectivity index (χ4v) is 3.99. The van der Waals surface area contributed by atoms with E-state index >= 15 is 0 Å². The maximum atomic E-state index is 12.4. The van der Waals surface area contributed by atoms with Crippen molar-refractivity contribution in [3.63, 3.8) is 0 Å². The van der Waals surface area contributed by atoms with Crippen molar-refractivity contribution in [2.24, 2.45) is 0 Å². The predicted molar refractivity (Wildman–Crippen MR) is 92.9 cm³/mol. The molecule has 0 amide bonds. The summed E-state index contributed by atoms with van der Waals surface area (Å²) in [6.07, 6.45) is 2.29. The molecule has 1 aliphatic rings. The lowest BCUT2D eigenvalue weighted by Gasteiger charge is -2.26. The third-order valence-electron chi connectivity index (χ3n) is 4.14. The summed E-state index contributed by atoms with van der Waals surface area (Å²) in [6.45, 7) is 6.49. The fourth-order valence-electron chi connectivity index (χ4n) is 2.65. The minimum absolute atomic E-state index is 0.0614. The lowest BCUT2D eigenvalue weighted by atomic mass is 10.2. The van der Waals surface area contributed by atoms with E-state index in [2.05, 4.69) is 23.5 Å². The monoisotopic (exact) mass is 375 g/mol. The molecule has 1 fully saturated rings. The molecule has 0 aliphatic heterocycles. The Morgan fingerprint density at radius 2 is 2.04 bits per heavy atom. The zero-order chi connectivity index (χ0) is 18.1. The molecule has 24 heavy (non-hydrogen) atoms. The first-order valence-electron chi connectivity index (χ1n) is 7.83. The Bertz CT molecular complexity index is 730. The standard InChI is InChI=1S/C15H22ClN3O4S/c1-10(2)18(12-4-5-12)7-6-17-24(22,23)13-8-14(16)11(3)15(9-13)19(20)21/h8-10,12,17H,4-7H2,1-3H3. The number of hydrogen-bond acceptors (Lipinski definition) is 5. The molecule has 0 unspecified atom stereocenters. The predicted octanol–water partition coefficient (Wildman–Crippen LogP) is 2.71. The smallest absolute Gasteiger partial charge is 0.275 e. The topological polar surface area (TPSA) is 92.6 Å². The molecule has 1 aromatic rings. The van der Waals surface area contributed by atoms with Gasteiger partial charge in [0.05, 0.1) is 14.8 Å². The number of benzene rings is 1. The SMILES string of the molecule is Cc1c(Cl)cc(S(=O)(=O)NCCN(C(C)C)C2CC2)cc1[N+](=O)[O-]. The van der Waals surface area contributed by atoms with Crippen molar-refractivity contribution < 1.29 is 13.3 Å². The normalized spacial score (nSPS) is 15.2. The second-order valence-corrected chi connectivity index (χ2v) is 8.44. The van der Waals surface area contributed by atoms with E-state index in [0.29, 0.717) is 18.6 Å². The average molecular weight is 376 g/mol. The van der Waals surface area contributed by atoms with Crippen molar-refractivity contribution in [3.05, 3.63) is 32.8 Å². The zero-order valence-corrected chi connectivity index (χ0v) is 15.5. The van der Waals surface area contributed by atoms with Gasteiger partial charge in [0.2, 0.25) is 10.0 Å². The van der Waals surface area contributed by atoms with Crippen molar-refractivity contribution in [1.29, 1.82) is 0 Å². The Labute approximate surface area is 147 Å². The lowest BCUT2D eigenvalue weighted by molar-refractivity contribution is -0.385. The molecule has 7 nitrogen and oxygen atoms in total. The molecule has 1 aliphatic carbocycles. The number of nitrogens with one attached hydrogen (secondary N) is 1. The molecule has 0 saturated heterocycles. The van der Waals surface area contributed by atoms with E-state index in [4.69, 9.17) is 11.6 Å². The molecule has 2 rings (SSSR count).